The van der Waals surface area contributed by atoms with E-state index in [1.54, 1.807) is 0 Å². The van der Waals surface area contributed by atoms with Crippen LogP contribution in [0.3, 0.4) is 0 Å². The second-order valence-electron chi connectivity index (χ2n) is 2.61. The van der Waals surface area contributed by atoms with Gasteiger partial charge >= 0.3 is 0 Å². The van der Waals surface area contributed by atoms with Crippen molar-refractivity contribution < 1.29 is 0 Å². The number of hydrogen-bond donors (Lipinski definition) is 1. The predicted molar refractivity (Wildman–Crippen MR) is 50.7 cm³/mol. The quantitative estimate of drug-likeness (QED) is 0.686. The van der Waals surface area contributed by atoms with E-state index in [0.29, 0.717) is 0 Å². The first-order valence-corrected chi connectivity index (χ1v) is 4.31. The topological polar surface area (TPSA) is 15.8 Å². The van der Waals surface area contributed by atoms with Crippen LogP contribution in [-0.2, 0) is 0 Å². The number of rotatable bonds is 0. The Morgan fingerprint density at radius 2 is 2.00 bits per heavy atom. The number of nitrogens with one attached hydrogen (secondary N) is 1. The number of para-hydroxylation sites is 1. The Kier molecular flexibility index (Phi) is 1.50. The van der Waals surface area contributed by atoms with Crippen LogP contribution in [0, 0.1) is 6.92 Å². The fourth-order valence-electron chi connectivity index (χ4n) is 1.25. The van der Waals surface area contributed by atoms with Crippen LogP contribution in [0.1, 0.15) is 5.56 Å². The van der Waals surface area contributed by atoms with Gasteiger partial charge in [-0.2, -0.15) is 0 Å². The molecule has 0 aliphatic heterocycles. The molecule has 0 aliphatic rings. The summed E-state index contributed by atoms with van der Waals surface area (Å²) in [4.78, 5) is 3.24. The van der Waals surface area contributed by atoms with Crippen LogP contribution in [0.4, 0.5) is 0 Å². The number of halogens is 1. The van der Waals surface area contributed by atoms with Crippen molar-refractivity contribution in [2.24, 2.45) is 0 Å². The molecule has 11 heavy (non-hydrogen) atoms. The number of hydrogen-bond acceptors (Lipinski definition) is 0. The summed E-state index contributed by atoms with van der Waals surface area (Å²) in [5.74, 6) is 0. The van der Waals surface area contributed by atoms with Crippen LogP contribution in [0.15, 0.2) is 28.9 Å². The second-order valence-corrected chi connectivity index (χ2v) is 3.40. The Balaban J connectivity index is 2.92. The lowest BCUT2D eigenvalue weighted by Crippen LogP contribution is -1.65. The zero-order valence-corrected chi connectivity index (χ0v) is 7.77. The van der Waals surface area contributed by atoms with Crippen LogP contribution in [0.25, 0.3) is 10.9 Å². The van der Waals surface area contributed by atoms with Crippen LogP contribution >= 0.6 is 15.9 Å². The van der Waals surface area contributed by atoms with Gasteiger partial charge in [-0.05, 0) is 34.5 Å². The number of H-pyrrole nitrogens is 1. The number of aromatic amines is 1. The third-order valence-electron chi connectivity index (χ3n) is 1.90. The van der Waals surface area contributed by atoms with E-state index < -0.39 is 0 Å². The average molecular weight is 210 g/mol. The Morgan fingerprint density at radius 1 is 1.27 bits per heavy atom. The van der Waals surface area contributed by atoms with Crippen molar-refractivity contribution in [1.82, 2.24) is 4.98 Å². The molecule has 0 saturated carbocycles. The van der Waals surface area contributed by atoms with Crippen molar-refractivity contribution in [2.45, 2.75) is 6.92 Å². The fraction of sp³-hybridized carbons (Fsp3) is 0.111. The molecule has 0 amide bonds. The largest absolute Gasteiger partial charge is 0.349 e. The van der Waals surface area contributed by atoms with Crippen molar-refractivity contribution in [3.63, 3.8) is 0 Å². The zero-order chi connectivity index (χ0) is 7.84. The molecule has 2 aromatic rings. The molecule has 1 heterocycles. The first-order valence-electron chi connectivity index (χ1n) is 3.52. The van der Waals surface area contributed by atoms with E-state index in [1.165, 1.54) is 16.5 Å². The van der Waals surface area contributed by atoms with Crippen LogP contribution in [0.5, 0.6) is 0 Å². The number of fused-ring (bicyclic) bond motifs is 1. The third kappa shape index (κ3) is 0.979. The lowest BCUT2D eigenvalue weighted by Gasteiger charge is -1.87. The normalized spacial score (nSPS) is 10.7. The van der Waals surface area contributed by atoms with Gasteiger partial charge in [-0.25, -0.2) is 0 Å². The molecule has 0 unspecified atom stereocenters. The molecule has 0 atom stereocenters. The second kappa shape index (κ2) is 2.38. The summed E-state index contributed by atoms with van der Waals surface area (Å²) in [6.07, 6.45) is 0. The van der Waals surface area contributed by atoms with Crippen LogP contribution in [0.2, 0.25) is 0 Å². The molecular formula is C9H8BrN. The van der Waals surface area contributed by atoms with Crippen molar-refractivity contribution >= 4 is 26.8 Å². The van der Waals surface area contributed by atoms with E-state index in [2.05, 4.69) is 46.0 Å². The minimum atomic E-state index is 1.08. The average Bonchev–Trinajstić information content (AvgIpc) is 2.30. The Bertz CT molecular complexity index is 389. The lowest BCUT2D eigenvalue weighted by atomic mass is 10.2. The van der Waals surface area contributed by atoms with Gasteiger partial charge < -0.3 is 4.98 Å². The molecule has 56 valence electrons. The predicted octanol–water partition coefficient (Wildman–Crippen LogP) is 3.24. The smallest absolute Gasteiger partial charge is 0.0860 e. The molecule has 0 radical (unpaired) electrons. The monoisotopic (exact) mass is 209 g/mol. The van der Waals surface area contributed by atoms with Gasteiger partial charge in [-0.15, -0.1) is 0 Å². The highest BCUT2D eigenvalue weighted by atomic mass is 79.9. The van der Waals surface area contributed by atoms with Crippen molar-refractivity contribution in [1.29, 1.82) is 0 Å². The molecule has 0 spiro atoms. The van der Waals surface area contributed by atoms with Gasteiger partial charge in [-0.1, -0.05) is 18.2 Å². The highest BCUT2D eigenvalue weighted by Crippen LogP contribution is 2.24. The molecule has 0 bridgehead atoms. The maximum absolute atomic E-state index is 3.45. The molecule has 0 fully saturated rings. The Hall–Kier alpha value is -0.760. The maximum Gasteiger partial charge on any atom is 0.0860 e. The summed E-state index contributed by atoms with van der Waals surface area (Å²) < 4.78 is 1.08. The summed E-state index contributed by atoms with van der Waals surface area (Å²) >= 11 is 3.45. The van der Waals surface area contributed by atoms with Gasteiger partial charge in [0.15, 0.2) is 0 Å². The van der Waals surface area contributed by atoms with E-state index in [0.717, 1.165) is 4.60 Å². The molecule has 0 saturated heterocycles. The van der Waals surface area contributed by atoms with Gasteiger partial charge in [-0.3, -0.25) is 0 Å². The fourth-order valence-corrected chi connectivity index (χ4v) is 1.68. The SMILES string of the molecule is Cc1c(Br)[nH]c2ccccc12. The van der Waals surface area contributed by atoms with Crippen molar-refractivity contribution in [2.75, 3.05) is 0 Å². The van der Waals surface area contributed by atoms with Crippen molar-refractivity contribution in [3.8, 4) is 0 Å². The summed E-state index contributed by atoms with van der Waals surface area (Å²) in [6.45, 7) is 2.10. The van der Waals surface area contributed by atoms with Crippen LogP contribution in [-0.4, -0.2) is 4.98 Å². The lowest BCUT2D eigenvalue weighted by molar-refractivity contribution is 1.36. The first kappa shape index (κ1) is 6.92. The molecule has 1 nitrogen and oxygen atoms in total. The molecule has 1 aromatic heterocycles. The summed E-state index contributed by atoms with van der Waals surface area (Å²) in [6, 6.07) is 8.28. The zero-order valence-electron chi connectivity index (χ0n) is 6.19. The van der Waals surface area contributed by atoms with Gasteiger partial charge in [0.2, 0.25) is 0 Å². The van der Waals surface area contributed by atoms with Gasteiger partial charge in [0.1, 0.15) is 0 Å². The summed E-state index contributed by atoms with van der Waals surface area (Å²) in [7, 11) is 0. The standard InChI is InChI=1S/C9H8BrN/c1-6-7-4-2-3-5-8(7)11-9(6)10/h2-5,11H,1H3. The molecule has 0 aliphatic carbocycles. The Morgan fingerprint density at radius 3 is 2.73 bits per heavy atom. The third-order valence-corrected chi connectivity index (χ3v) is 2.70. The van der Waals surface area contributed by atoms with Gasteiger partial charge in [0.25, 0.3) is 0 Å². The summed E-state index contributed by atoms with van der Waals surface area (Å²) in [5.41, 5.74) is 2.47. The van der Waals surface area contributed by atoms with Crippen LogP contribution < -0.4 is 0 Å². The number of benzene rings is 1. The molecule has 1 N–H and O–H groups in total. The Labute approximate surface area is 73.6 Å². The minimum Gasteiger partial charge on any atom is -0.349 e. The molecule has 2 rings (SSSR count). The van der Waals surface area contributed by atoms with E-state index in [4.69, 9.17) is 0 Å². The minimum absolute atomic E-state index is 1.08. The highest BCUT2D eigenvalue weighted by Gasteiger charge is 2.01. The first-order chi connectivity index (χ1) is 5.29. The van der Waals surface area contributed by atoms with Gasteiger partial charge in [0, 0.05) is 10.9 Å². The van der Waals surface area contributed by atoms with Crippen molar-refractivity contribution in [3.05, 3.63) is 34.4 Å². The van der Waals surface area contributed by atoms with E-state index >= 15 is 0 Å². The van der Waals surface area contributed by atoms with Gasteiger partial charge in [0.05, 0.1) is 4.60 Å². The molecular weight excluding hydrogens is 202 g/mol. The number of aryl methyl sites for hydroxylation is 1. The summed E-state index contributed by atoms with van der Waals surface area (Å²) in [5, 5.41) is 1.29. The maximum atomic E-state index is 3.45. The molecule has 1 aromatic carbocycles. The van der Waals surface area contributed by atoms with E-state index in [9.17, 15) is 0 Å². The number of aromatic nitrogens is 1. The molecule has 2 heteroatoms. The highest BCUT2D eigenvalue weighted by molar-refractivity contribution is 9.10. The van der Waals surface area contributed by atoms with E-state index in [1.807, 2.05) is 6.07 Å². The van der Waals surface area contributed by atoms with E-state index in [-0.39, 0.29) is 0 Å².